The summed E-state index contributed by atoms with van der Waals surface area (Å²) in [5.74, 6) is 2.47. The molecule has 8 heteroatoms. The molecule has 1 amide bonds. The lowest BCUT2D eigenvalue weighted by Crippen LogP contribution is -2.39. The number of hydrogen-bond donors (Lipinski definition) is 1. The topological polar surface area (TPSA) is 72.3 Å². The van der Waals surface area contributed by atoms with Crippen molar-refractivity contribution in [3.8, 4) is 22.8 Å². The zero-order valence-corrected chi connectivity index (χ0v) is 22.2. The molecule has 1 saturated heterocycles. The van der Waals surface area contributed by atoms with E-state index in [1.54, 1.807) is 18.9 Å². The predicted molar refractivity (Wildman–Crippen MR) is 146 cm³/mol. The molecule has 0 aliphatic carbocycles. The maximum absolute atomic E-state index is 12.3. The van der Waals surface area contributed by atoms with E-state index in [9.17, 15) is 4.79 Å². The maximum Gasteiger partial charge on any atom is 0.220 e. The molecule has 3 aromatic rings. The molecular formula is C28H37N5O2S. The lowest BCUT2D eigenvalue weighted by molar-refractivity contribution is -0.121. The monoisotopic (exact) mass is 507 g/mol. The molecule has 0 bridgehead atoms. The van der Waals surface area contributed by atoms with E-state index in [-0.39, 0.29) is 5.91 Å². The van der Waals surface area contributed by atoms with Gasteiger partial charge in [0.05, 0.1) is 7.11 Å². The maximum atomic E-state index is 12.3. The second-order valence-electron chi connectivity index (χ2n) is 9.25. The van der Waals surface area contributed by atoms with Crippen molar-refractivity contribution in [1.82, 2.24) is 25.0 Å². The van der Waals surface area contributed by atoms with E-state index in [1.807, 2.05) is 42.5 Å². The average molecular weight is 508 g/mol. The van der Waals surface area contributed by atoms with Crippen molar-refractivity contribution in [2.75, 3.05) is 32.5 Å². The highest BCUT2D eigenvalue weighted by atomic mass is 32.2. The van der Waals surface area contributed by atoms with Gasteiger partial charge in [0.15, 0.2) is 11.0 Å². The van der Waals surface area contributed by atoms with Gasteiger partial charge >= 0.3 is 0 Å². The Labute approximate surface area is 218 Å². The van der Waals surface area contributed by atoms with Crippen molar-refractivity contribution in [2.24, 2.45) is 0 Å². The molecule has 7 nitrogen and oxygen atoms in total. The number of methoxy groups -OCH3 is 1. The Morgan fingerprint density at radius 3 is 2.78 bits per heavy atom. The van der Waals surface area contributed by atoms with Crippen LogP contribution in [0.4, 0.5) is 0 Å². The van der Waals surface area contributed by atoms with Crippen LogP contribution < -0.4 is 10.1 Å². The molecule has 1 unspecified atom stereocenters. The van der Waals surface area contributed by atoms with Crippen molar-refractivity contribution < 1.29 is 9.53 Å². The highest BCUT2D eigenvalue weighted by Crippen LogP contribution is 2.30. The quantitative estimate of drug-likeness (QED) is 0.269. The van der Waals surface area contributed by atoms with E-state index in [0.29, 0.717) is 12.5 Å². The molecule has 0 radical (unpaired) electrons. The normalized spacial score (nSPS) is 16.1. The van der Waals surface area contributed by atoms with E-state index in [0.717, 1.165) is 59.7 Å². The van der Waals surface area contributed by atoms with Gasteiger partial charge in [-0.15, -0.1) is 10.2 Å². The number of rotatable bonds is 12. The minimum atomic E-state index is 0.129. The van der Waals surface area contributed by atoms with Crippen molar-refractivity contribution in [3.05, 3.63) is 54.6 Å². The fraction of sp³-hybridized carbons (Fsp3) is 0.464. The molecule has 2 aromatic carbocycles. The van der Waals surface area contributed by atoms with Crippen molar-refractivity contribution in [3.63, 3.8) is 0 Å². The molecule has 0 spiro atoms. The number of nitrogens with zero attached hydrogens (tertiary/aromatic N) is 4. The lowest BCUT2D eigenvalue weighted by atomic mass is 10.0. The van der Waals surface area contributed by atoms with Gasteiger partial charge in [-0.25, -0.2) is 0 Å². The number of carbonyl (C=O) groups is 1. The minimum Gasteiger partial charge on any atom is -0.497 e. The Morgan fingerprint density at radius 2 is 1.97 bits per heavy atom. The smallest absolute Gasteiger partial charge is 0.220 e. The van der Waals surface area contributed by atoms with Crippen molar-refractivity contribution in [1.29, 1.82) is 0 Å². The van der Waals surface area contributed by atoms with Crippen LogP contribution >= 0.6 is 11.8 Å². The van der Waals surface area contributed by atoms with Crippen LogP contribution in [0, 0.1) is 0 Å². The number of aromatic nitrogens is 3. The molecule has 1 aromatic heterocycles. The van der Waals surface area contributed by atoms with Crippen molar-refractivity contribution >= 4 is 17.7 Å². The summed E-state index contributed by atoms with van der Waals surface area (Å²) in [6, 6.07) is 18.6. The highest BCUT2D eigenvalue weighted by molar-refractivity contribution is 7.99. The Morgan fingerprint density at radius 1 is 1.11 bits per heavy atom. The van der Waals surface area contributed by atoms with Crippen LogP contribution in [-0.2, 0) is 4.79 Å². The Kier molecular flexibility index (Phi) is 9.81. The largest absolute Gasteiger partial charge is 0.497 e. The van der Waals surface area contributed by atoms with Gasteiger partial charge in [0.1, 0.15) is 5.75 Å². The molecular weight excluding hydrogens is 470 g/mol. The second-order valence-corrected chi connectivity index (χ2v) is 10.3. The molecule has 192 valence electrons. The summed E-state index contributed by atoms with van der Waals surface area (Å²) in [5, 5.41) is 12.9. The van der Waals surface area contributed by atoms with E-state index in [2.05, 4.69) is 44.0 Å². The van der Waals surface area contributed by atoms with Crippen LogP contribution in [0.3, 0.4) is 0 Å². The molecule has 1 atom stereocenters. The van der Waals surface area contributed by atoms with Gasteiger partial charge in [0.2, 0.25) is 5.91 Å². The summed E-state index contributed by atoms with van der Waals surface area (Å²) in [4.78, 5) is 14.9. The summed E-state index contributed by atoms with van der Waals surface area (Å²) < 4.78 is 7.47. The summed E-state index contributed by atoms with van der Waals surface area (Å²) in [7, 11) is 1.66. The van der Waals surface area contributed by atoms with E-state index in [1.165, 1.54) is 25.8 Å². The highest BCUT2D eigenvalue weighted by Gasteiger charge is 2.18. The van der Waals surface area contributed by atoms with Crippen LogP contribution in [-0.4, -0.2) is 64.1 Å². The first-order valence-electron chi connectivity index (χ1n) is 12.9. The summed E-state index contributed by atoms with van der Waals surface area (Å²) in [6.07, 6.45) is 6.26. The molecule has 1 aliphatic heterocycles. The zero-order chi connectivity index (χ0) is 25.2. The van der Waals surface area contributed by atoms with E-state index in [4.69, 9.17) is 4.74 Å². The number of piperidine rings is 1. The van der Waals surface area contributed by atoms with Crippen LogP contribution in [0.25, 0.3) is 17.1 Å². The van der Waals surface area contributed by atoms with Gasteiger partial charge in [-0.2, -0.15) is 0 Å². The van der Waals surface area contributed by atoms with Gasteiger partial charge in [-0.1, -0.05) is 48.5 Å². The van der Waals surface area contributed by atoms with Gasteiger partial charge < -0.3 is 15.0 Å². The standard InChI is InChI=1S/C28H37N5O2S/c1-22-11-6-7-18-32(22)19-10-17-29-26(34)16-9-20-36-28-31-30-27(23-12-8-15-25(21-23)35-2)33(28)24-13-4-3-5-14-24/h3-5,8,12-15,21-22H,6-7,9-11,16-20H2,1-2H3,(H,29,34). The number of hydrogen-bond acceptors (Lipinski definition) is 6. The van der Waals surface area contributed by atoms with E-state index >= 15 is 0 Å². The number of para-hydroxylation sites is 1. The second kappa shape index (κ2) is 13.5. The third-order valence-corrected chi connectivity index (χ3v) is 7.66. The fourth-order valence-corrected chi connectivity index (χ4v) is 5.50. The predicted octanol–water partition coefficient (Wildman–Crippen LogP) is 5.20. The van der Waals surface area contributed by atoms with Crippen LogP contribution in [0.5, 0.6) is 5.75 Å². The first-order chi connectivity index (χ1) is 17.7. The average Bonchev–Trinajstić information content (AvgIpc) is 3.34. The summed E-state index contributed by atoms with van der Waals surface area (Å²) in [5.41, 5.74) is 1.94. The Bertz CT molecular complexity index is 1100. The van der Waals surface area contributed by atoms with Crippen LogP contribution in [0.1, 0.15) is 45.4 Å². The number of nitrogens with one attached hydrogen (secondary N) is 1. The van der Waals surface area contributed by atoms with Gasteiger partial charge in [-0.3, -0.25) is 9.36 Å². The van der Waals surface area contributed by atoms with Gasteiger partial charge in [0.25, 0.3) is 0 Å². The number of ether oxygens (including phenoxy) is 1. The molecule has 2 heterocycles. The Hall–Kier alpha value is -2.84. The minimum absolute atomic E-state index is 0.129. The molecule has 1 aliphatic rings. The zero-order valence-electron chi connectivity index (χ0n) is 21.4. The summed E-state index contributed by atoms with van der Waals surface area (Å²) in [6.45, 7) is 5.33. The number of amides is 1. The third kappa shape index (κ3) is 7.11. The SMILES string of the molecule is COc1cccc(-c2nnc(SCCCC(=O)NCCCN3CCCCC3C)n2-c2ccccc2)c1. The first-order valence-corrected chi connectivity index (χ1v) is 13.9. The number of carbonyl (C=O) groups excluding carboxylic acids is 1. The number of thioether (sulfide) groups is 1. The van der Waals surface area contributed by atoms with Gasteiger partial charge in [-0.05, 0) is 63.4 Å². The lowest BCUT2D eigenvalue weighted by Gasteiger charge is -2.33. The third-order valence-electron chi connectivity index (χ3n) is 6.64. The van der Waals surface area contributed by atoms with Crippen LogP contribution in [0.2, 0.25) is 0 Å². The molecule has 1 fully saturated rings. The number of likely N-dealkylation sites (tertiary alicyclic amines) is 1. The molecule has 4 rings (SSSR count). The first kappa shape index (κ1) is 26.2. The van der Waals surface area contributed by atoms with Crippen LogP contribution in [0.15, 0.2) is 59.8 Å². The fourth-order valence-electron chi connectivity index (χ4n) is 4.61. The Balaban J connectivity index is 1.28. The molecule has 0 saturated carbocycles. The molecule has 36 heavy (non-hydrogen) atoms. The number of benzene rings is 2. The molecule has 1 N–H and O–H groups in total. The van der Waals surface area contributed by atoms with E-state index < -0.39 is 0 Å². The van der Waals surface area contributed by atoms with Gasteiger partial charge in [0, 0.05) is 42.6 Å². The van der Waals surface area contributed by atoms with Crippen molar-refractivity contribution in [2.45, 2.75) is 56.6 Å². The summed E-state index contributed by atoms with van der Waals surface area (Å²) >= 11 is 1.63.